The molecule has 0 fully saturated rings. The number of ketones is 2. The molecule has 1 aliphatic rings. The minimum Gasteiger partial charge on any atom is -0.289 e. The Morgan fingerprint density at radius 1 is 0.564 bits per heavy atom. The van der Waals surface area contributed by atoms with Crippen LogP contribution in [-0.4, -0.2) is 33.2 Å². The molecular formula is C28H15N3O8. The fourth-order valence-electron chi connectivity index (χ4n) is 4.24. The van der Waals surface area contributed by atoms with Crippen LogP contribution in [0.4, 0.5) is 17.1 Å². The number of hydrogen-bond donors (Lipinski definition) is 0. The smallest absolute Gasteiger partial charge is 0.277 e. The largest absolute Gasteiger partial charge is 0.289 e. The zero-order valence-electron chi connectivity index (χ0n) is 19.8. The number of anilines is 1. The molecule has 0 N–H and O–H groups in total. The Hall–Kier alpha value is -5.84. The molecule has 0 atom stereocenters. The lowest BCUT2D eigenvalue weighted by atomic mass is 9.98. The zero-order chi connectivity index (χ0) is 27.8. The van der Waals surface area contributed by atoms with Gasteiger partial charge in [0.1, 0.15) is 0 Å². The molecule has 1 aliphatic heterocycles. The topological polar surface area (TPSA) is 158 Å². The summed E-state index contributed by atoms with van der Waals surface area (Å²) in [6.45, 7) is 0. The summed E-state index contributed by atoms with van der Waals surface area (Å²) in [5, 5.41) is 22.4. The first-order chi connectivity index (χ1) is 18.7. The molecule has 190 valence electrons. The number of benzene rings is 4. The van der Waals surface area contributed by atoms with Gasteiger partial charge in [-0.2, -0.15) is 0 Å². The average Bonchev–Trinajstić information content (AvgIpc) is 3.21. The second-order valence-corrected chi connectivity index (χ2v) is 8.53. The predicted octanol–water partition coefficient (Wildman–Crippen LogP) is 4.77. The second-order valence-electron chi connectivity index (χ2n) is 8.53. The van der Waals surface area contributed by atoms with E-state index >= 15 is 0 Å². The first kappa shape index (κ1) is 24.8. The van der Waals surface area contributed by atoms with Gasteiger partial charge in [-0.15, -0.1) is 0 Å². The van der Waals surface area contributed by atoms with Gasteiger partial charge in [-0.25, -0.2) is 4.90 Å². The van der Waals surface area contributed by atoms with Crippen LogP contribution in [0.1, 0.15) is 52.6 Å². The van der Waals surface area contributed by atoms with Crippen molar-refractivity contribution in [1.82, 2.24) is 0 Å². The number of fused-ring (bicyclic) bond motifs is 1. The number of nitrogens with zero attached hydrogens (tertiary/aromatic N) is 3. The van der Waals surface area contributed by atoms with Crippen molar-refractivity contribution in [2.45, 2.75) is 0 Å². The molecule has 4 aromatic rings. The van der Waals surface area contributed by atoms with Crippen molar-refractivity contribution >= 4 is 40.4 Å². The van der Waals surface area contributed by atoms with E-state index in [1.165, 1.54) is 42.5 Å². The number of hydrogen-bond acceptors (Lipinski definition) is 8. The molecule has 0 radical (unpaired) electrons. The average molecular weight is 521 g/mol. The fraction of sp³-hybridized carbons (Fsp3) is 0. The summed E-state index contributed by atoms with van der Waals surface area (Å²) in [6, 6.07) is 20.8. The molecule has 0 unspecified atom stereocenters. The van der Waals surface area contributed by atoms with Gasteiger partial charge in [0, 0.05) is 34.4 Å². The molecule has 0 aromatic heterocycles. The van der Waals surface area contributed by atoms with Crippen LogP contribution >= 0.6 is 0 Å². The zero-order valence-corrected chi connectivity index (χ0v) is 19.8. The van der Waals surface area contributed by atoms with Gasteiger partial charge in [-0.1, -0.05) is 36.4 Å². The highest BCUT2D eigenvalue weighted by Crippen LogP contribution is 2.31. The first-order valence-electron chi connectivity index (χ1n) is 11.4. The van der Waals surface area contributed by atoms with Crippen molar-refractivity contribution in [3.05, 3.63) is 145 Å². The van der Waals surface area contributed by atoms with Gasteiger partial charge in [-0.3, -0.25) is 39.4 Å². The molecule has 0 saturated carbocycles. The van der Waals surface area contributed by atoms with Crippen LogP contribution in [0.25, 0.3) is 0 Å². The van der Waals surface area contributed by atoms with Crippen molar-refractivity contribution < 1.29 is 29.0 Å². The number of imide groups is 1. The molecule has 5 rings (SSSR count). The number of amides is 2. The molecule has 11 heteroatoms. The van der Waals surface area contributed by atoms with E-state index in [9.17, 15) is 39.4 Å². The van der Waals surface area contributed by atoms with Gasteiger partial charge in [0.05, 0.1) is 32.7 Å². The van der Waals surface area contributed by atoms with Crippen LogP contribution in [0.15, 0.2) is 91.0 Å². The van der Waals surface area contributed by atoms with E-state index in [0.29, 0.717) is 11.1 Å². The SMILES string of the molecule is O=C(c1ccccc1)c1ccc(N2C(=O)c3ccc(C(=O)c4cc([N+](=O)[O-])cc([N+](=O)[O-])c4)cc3C2=O)cc1. The summed E-state index contributed by atoms with van der Waals surface area (Å²) in [4.78, 5) is 73.5. The summed E-state index contributed by atoms with van der Waals surface area (Å²) in [6.07, 6.45) is 0. The Balaban J connectivity index is 1.44. The van der Waals surface area contributed by atoms with Crippen LogP contribution in [-0.2, 0) is 0 Å². The Labute approximate surface area is 219 Å². The summed E-state index contributed by atoms with van der Waals surface area (Å²) in [5.74, 6) is -2.37. The minimum atomic E-state index is -0.856. The quantitative estimate of drug-likeness (QED) is 0.146. The summed E-state index contributed by atoms with van der Waals surface area (Å²) in [5.41, 5.74) is -0.661. The fourth-order valence-corrected chi connectivity index (χ4v) is 4.24. The molecule has 0 aliphatic carbocycles. The molecule has 0 saturated heterocycles. The lowest BCUT2D eigenvalue weighted by Crippen LogP contribution is -2.29. The maximum absolute atomic E-state index is 13.2. The monoisotopic (exact) mass is 521 g/mol. The predicted molar refractivity (Wildman–Crippen MR) is 137 cm³/mol. The molecule has 1 heterocycles. The van der Waals surface area contributed by atoms with Gasteiger partial charge in [0.2, 0.25) is 0 Å². The summed E-state index contributed by atoms with van der Waals surface area (Å²) in [7, 11) is 0. The molecule has 0 bridgehead atoms. The Morgan fingerprint density at radius 2 is 1.08 bits per heavy atom. The van der Waals surface area contributed by atoms with Crippen LogP contribution in [0, 0.1) is 20.2 Å². The van der Waals surface area contributed by atoms with Gasteiger partial charge < -0.3 is 0 Å². The van der Waals surface area contributed by atoms with Gasteiger partial charge in [0.25, 0.3) is 23.2 Å². The number of nitro benzene ring substituents is 2. The van der Waals surface area contributed by atoms with Gasteiger partial charge in [-0.05, 0) is 36.4 Å². The normalized spacial score (nSPS) is 12.3. The van der Waals surface area contributed by atoms with E-state index in [1.54, 1.807) is 30.3 Å². The lowest BCUT2D eigenvalue weighted by Gasteiger charge is -2.14. The van der Waals surface area contributed by atoms with Crippen molar-refractivity contribution in [3.63, 3.8) is 0 Å². The van der Waals surface area contributed by atoms with Crippen molar-refractivity contribution in [2.75, 3.05) is 4.90 Å². The Bertz CT molecular complexity index is 1700. The maximum Gasteiger partial charge on any atom is 0.277 e. The standard InChI is InChI=1S/C28H15N3O8/c32-25(16-4-2-1-3-5-16)17-6-9-20(10-7-17)29-27(34)23-11-8-18(14-24(23)28(29)35)26(33)19-12-21(30(36)37)15-22(13-19)31(38)39/h1-15H. The Morgan fingerprint density at radius 3 is 1.67 bits per heavy atom. The summed E-state index contributed by atoms with van der Waals surface area (Å²) >= 11 is 0. The van der Waals surface area contributed by atoms with E-state index < -0.39 is 38.8 Å². The van der Waals surface area contributed by atoms with Gasteiger partial charge >= 0.3 is 0 Å². The minimum absolute atomic E-state index is 0.0333. The highest BCUT2D eigenvalue weighted by Gasteiger charge is 2.37. The Kier molecular flexibility index (Phi) is 6.09. The third kappa shape index (κ3) is 4.44. The second kappa shape index (κ2) is 9.56. The molecule has 0 spiro atoms. The third-order valence-electron chi connectivity index (χ3n) is 6.16. The van der Waals surface area contributed by atoms with Crippen molar-refractivity contribution in [2.24, 2.45) is 0 Å². The van der Waals surface area contributed by atoms with E-state index in [4.69, 9.17) is 0 Å². The highest BCUT2D eigenvalue weighted by atomic mass is 16.6. The van der Waals surface area contributed by atoms with Crippen LogP contribution in [0.5, 0.6) is 0 Å². The number of carbonyl (C=O) groups is 4. The lowest BCUT2D eigenvalue weighted by molar-refractivity contribution is -0.394. The number of non-ortho nitro benzene ring substituents is 2. The molecule has 39 heavy (non-hydrogen) atoms. The molecule has 2 amide bonds. The maximum atomic E-state index is 13.2. The van der Waals surface area contributed by atoms with Crippen molar-refractivity contribution in [3.8, 4) is 0 Å². The summed E-state index contributed by atoms with van der Waals surface area (Å²) < 4.78 is 0. The van der Waals surface area contributed by atoms with E-state index in [1.807, 2.05) is 0 Å². The molecule has 11 nitrogen and oxygen atoms in total. The van der Waals surface area contributed by atoms with E-state index in [2.05, 4.69) is 0 Å². The van der Waals surface area contributed by atoms with Crippen molar-refractivity contribution in [1.29, 1.82) is 0 Å². The van der Waals surface area contributed by atoms with Gasteiger partial charge in [0.15, 0.2) is 11.6 Å². The number of nitro groups is 2. The van der Waals surface area contributed by atoms with Crippen LogP contribution in [0.2, 0.25) is 0 Å². The first-order valence-corrected chi connectivity index (χ1v) is 11.4. The molecule has 4 aromatic carbocycles. The molecular weight excluding hydrogens is 506 g/mol. The van der Waals surface area contributed by atoms with Crippen LogP contribution in [0.3, 0.4) is 0 Å². The number of rotatable bonds is 7. The third-order valence-corrected chi connectivity index (χ3v) is 6.16. The van der Waals surface area contributed by atoms with Crippen LogP contribution < -0.4 is 4.90 Å². The van der Waals surface area contributed by atoms with E-state index in [-0.39, 0.29) is 33.7 Å². The van der Waals surface area contributed by atoms with E-state index in [0.717, 1.165) is 23.1 Å². The number of carbonyl (C=O) groups excluding carboxylic acids is 4. The highest BCUT2D eigenvalue weighted by molar-refractivity contribution is 6.35.